The van der Waals surface area contributed by atoms with Crippen molar-refractivity contribution in [3.8, 4) is 17.1 Å². The summed E-state index contributed by atoms with van der Waals surface area (Å²) in [5.41, 5.74) is -0.189. The fourth-order valence-electron chi connectivity index (χ4n) is 3.44. The second-order valence-corrected chi connectivity index (χ2v) is 8.52. The highest BCUT2D eigenvalue weighted by atomic mass is 79.9. The molecule has 1 aromatic heterocycles. The highest BCUT2D eigenvalue weighted by molar-refractivity contribution is 9.10. The Balaban J connectivity index is 1.55. The van der Waals surface area contributed by atoms with E-state index in [-0.39, 0.29) is 58.3 Å². The van der Waals surface area contributed by atoms with Gasteiger partial charge in [-0.3, -0.25) is 9.59 Å². The van der Waals surface area contributed by atoms with Crippen LogP contribution in [-0.2, 0) is 9.53 Å². The lowest BCUT2D eigenvalue weighted by molar-refractivity contribution is -0.151. The number of para-hydroxylation sites is 1. The number of halogens is 3. The number of rotatable bonds is 7. The molecule has 0 amide bonds. The van der Waals surface area contributed by atoms with E-state index in [2.05, 4.69) is 15.9 Å². The fourth-order valence-corrected chi connectivity index (χ4v) is 4.06. The van der Waals surface area contributed by atoms with Crippen LogP contribution in [0.15, 0.2) is 50.1 Å². The van der Waals surface area contributed by atoms with Gasteiger partial charge in [-0.25, -0.2) is 4.39 Å². The molecule has 0 spiro atoms. The van der Waals surface area contributed by atoms with Crippen LogP contribution in [0.2, 0.25) is 5.02 Å². The van der Waals surface area contributed by atoms with E-state index in [9.17, 15) is 14.0 Å². The van der Waals surface area contributed by atoms with Crippen molar-refractivity contribution in [1.82, 2.24) is 0 Å². The van der Waals surface area contributed by atoms with Crippen LogP contribution in [0.3, 0.4) is 0 Å². The lowest BCUT2D eigenvalue weighted by atomic mass is 9.82. The van der Waals surface area contributed by atoms with Crippen molar-refractivity contribution in [2.24, 2.45) is 5.92 Å². The van der Waals surface area contributed by atoms with Gasteiger partial charge in [0.25, 0.3) is 0 Å². The Labute approximate surface area is 189 Å². The van der Waals surface area contributed by atoms with Crippen molar-refractivity contribution >= 4 is 44.5 Å². The summed E-state index contributed by atoms with van der Waals surface area (Å²) in [5.74, 6) is -1.65. The molecule has 3 aromatic rings. The van der Waals surface area contributed by atoms with E-state index in [4.69, 9.17) is 30.6 Å². The SMILES string of the molecule is O=c1cc(-c2c(F)cc(Br)cc2OCCO[C@H]2C[C@@H](C(=O)O)C2)oc2c(Cl)cccc12. The minimum absolute atomic E-state index is 0.00305. The zero-order valence-electron chi connectivity index (χ0n) is 16.1. The first kappa shape index (κ1) is 21.8. The summed E-state index contributed by atoms with van der Waals surface area (Å²) in [6.45, 7) is 0.313. The third-order valence-electron chi connectivity index (χ3n) is 5.11. The third-order valence-corrected chi connectivity index (χ3v) is 5.87. The zero-order valence-corrected chi connectivity index (χ0v) is 18.4. The number of carboxylic acids is 1. The average Bonchev–Trinajstić information content (AvgIpc) is 2.66. The average molecular weight is 512 g/mol. The van der Waals surface area contributed by atoms with Gasteiger partial charge in [-0.15, -0.1) is 0 Å². The van der Waals surface area contributed by atoms with Crippen LogP contribution in [0.5, 0.6) is 5.75 Å². The number of aliphatic carboxylic acids is 1. The topological polar surface area (TPSA) is 86.0 Å². The van der Waals surface area contributed by atoms with Gasteiger partial charge in [0.2, 0.25) is 0 Å². The molecule has 0 bridgehead atoms. The van der Waals surface area contributed by atoms with Gasteiger partial charge in [0.15, 0.2) is 11.0 Å². The minimum atomic E-state index is -0.817. The van der Waals surface area contributed by atoms with Crippen molar-refractivity contribution in [3.63, 3.8) is 0 Å². The van der Waals surface area contributed by atoms with Crippen LogP contribution in [0.1, 0.15) is 12.8 Å². The predicted octanol–water partition coefficient (Wildman–Crippen LogP) is 5.27. The number of hydrogen-bond acceptors (Lipinski definition) is 5. The molecule has 1 aliphatic carbocycles. The normalized spacial score (nSPS) is 18.0. The van der Waals surface area contributed by atoms with Crippen molar-refractivity contribution < 1.29 is 28.2 Å². The molecule has 1 heterocycles. The summed E-state index contributed by atoms with van der Waals surface area (Å²) in [6.07, 6.45) is 0.813. The van der Waals surface area contributed by atoms with Crippen molar-refractivity contribution in [3.05, 3.63) is 61.9 Å². The van der Waals surface area contributed by atoms with Gasteiger partial charge >= 0.3 is 5.97 Å². The van der Waals surface area contributed by atoms with Crippen LogP contribution in [0.25, 0.3) is 22.3 Å². The molecular weight excluding hydrogens is 495 g/mol. The molecule has 0 radical (unpaired) electrons. The Bertz CT molecular complexity index is 1200. The second kappa shape index (κ2) is 8.98. The molecule has 1 fully saturated rings. The quantitative estimate of drug-likeness (QED) is 0.435. The Morgan fingerprint density at radius 3 is 2.77 bits per heavy atom. The van der Waals surface area contributed by atoms with Gasteiger partial charge in [0.1, 0.15) is 23.9 Å². The molecule has 1 aliphatic rings. The maximum atomic E-state index is 14.9. The van der Waals surface area contributed by atoms with E-state index in [0.717, 1.165) is 0 Å². The highest BCUT2D eigenvalue weighted by Gasteiger charge is 2.35. The van der Waals surface area contributed by atoms with Gasteiger partial charge in [-0.05, 0) is 37.1 Å². The van der Waals surface area contributed by atoms with Gasteiger partial charge in [0, 0.05) is 10.5 Å². The molecular formula is C22H17BrClFO6. The number of carbonyl (C=O) groups is 1. The van der Waals surface area contributed by atoms with E-state index < -0.39 is 11.8 Å². The molecule has 0 unspecified atom stereocenters. The number of benzene rings is 2. The van der Waals surface area contributed by atoms with Crippen molar-refractivity contribution in [1.29, 1.82) is 0 Å². The summed E-state index contributed by atoms with van der Waals surface area (Å²) in [7, 11) is 0. The van der Waals surface area contributed by atoms with Crippen LogP contribution < -0.4 is 10.2 Å². The summed E-state index contributed by atoms with van der Waals surface area (Å²) in [5, 5.41) is 9.44. The first-order valence-corrected chi connectivity index (χ1v) is 10.7. The van der Waals surface area contributed by atoms with Crippen LogP contribution in [0.4, 0.5) is 4.39 Å². The lowest BCUT2D eigenvalue weighted by Crippen LogP contribution is -2.37. The van der Waals surface area contributed by atoms with Gasteiger partial charge in [-0.2, -0.15) is 0 Å². The molecule has 1 N–H and O–H groups in total. The third kappa shape index (κ3) is 4.61. The largest absolute Gasteiger partial charge is 0.490 e. The monoisotopic (exact) mass is 510 g/mol. The van der Waals surface area contributed by atoms with Crippen LogP contribution in [-0.4, -0.2) is 30.4 Å². The van der Waals surface area contributed by atoms with Gasteiger partial charge < -0.3 is 19.0 Å². The van der Waals surface area contributed by atoms with E-state index in [1.165, 1.54) is 12.1 Å². The second-order valence-electron chi connectivity index (χ2n) is 7.20. The number of fused-ring (bicyclic) bond motifs is 1. The molecule has 0 aliphatic heterocycles. The summed E-state index contributed by atoms with van der Waals surface area (Å²) >= 11 is 9.39. The first-order valence-electron chi connectivity index (χ1n) is 9.52. The lowest BCUT2D eigenvalue weighted by Gasteiger charge is -2.32. The Hall–Kier alpha value is -2.42. The first-order chi connectivity index (χ1) is 14.8. The summed E-state index contributed by atoms with van der Waals surface area (Å²) in [4.78, 5) is 23.4. The molecule has 31 heavy (non-hydrogen) atoms. The number of carboxylic acid groups (broad SMARTS) is 1. The Kier molecular flexibility index (Phi) is 6.31. The van der Waals surface area contributed by atoms with Crippen molar-refractivity contribution in [2.45, 2.75) is 18.9 Å². The number of ether oxygens (including phenoxy) is 2. The van der Waals surface area contributed by atoms with E-state index in [1.54, 1.807) is 24.3 Å². The Morgan fingerprint density at radius 2 is 2.03 bits per heavy atom. The van der Waals surface area contributed by atoms with Crippen LogP contribution >= 0.6 is 27.5 Å². The van der Waals surface area contributed by atoms with Crippen LogP contribution in [0, 0.1) is 11.7 Å². The molecule has 162 valence electrons. The molecule has 0 saturated heterocycles. The van der Waals surface area contributed by atoms with Crippen molar-refractivity contribution in [2.75, 3.05) is 13.2 Å². The van der Waals surface area contributed by atoms with E-state index in [1.807, 2.05) is 0 Å². The molecule has 9 heteroatoms. The summed E-state index contributed by atoms with van der Waals surface area (Å²) < 4.78 is 32.4. The maximum absolute atomic E-state index is 14.9. The molecule has 6 nitrogen and oxygen atoms in total. The molecule has 4 rings (SSSR count). The van der Waals surface area contributed by atoms with E-state index in [0.29, 0.717) is 22.7 Å². The zero-order chi connectivity index (χ0) is 22.1. The fraction of sp³-hybridized carbons (Fsp3) is 0.273. The van der Waals surface area contributed by atoms with Gasteiger partial charge in [0.05, 0.1) is 34.6 Å². The summed E-state index contributed by atoms with van der Waals surface area (Å²) in [6, 6.07) is 8.82. The maximum Gasteiger partial charge on any atom is 0.306 e. The molecule has 2 aromatic carbocycles. The number of hydrogen-bond donors (Lipinski definition) is 1. The molecule has 0 atom stereocenters. The predicted molar refractivity (Wildman–Crippen MR) is 116 cm³/mol. The smallest absolute Gasteiger partial charge is 0.306 e. The minimum Gasteiger partial charge on any atom is -0.490 e. The standard InChI is InChI=1S/C22H17BrClFO6/c23-12-8-16(25)20(19-10-17(26)14-2-1-3-15(24)21(14)31-19)18(9-12)30-5-4-29-13-6-11(7-13)22(27)28/h1-3,8-11,13H,4-7H2,(H,27,28)/t11-,13+. The molecule has 1 saturated carbocycles. The Morgan fingerprint density at radius 1 is 1.26 bits per heavy atom. The van der Waals surface area contributed by atoms with Gasteiger partial charge in [-0.1, -0.05) is 33.6 Å². The van der Waals surface area contributed by atoms with E-state index >= 15 is 0 Å². The highest BCUT2D eigenvalue weighted by Crippen LogP contribution is 2.37.